The number of rotatable bonds is 6. The zero-order valence-corrected chi connectivity index (χ0v) is 11.2. The Balaban J connectivity index is 1.72. The first-order valence-corrected chi connectivity index (χ1v) is 7.14. The molecule has 0 radical (unpaired) electrons. The van der Waals surface area contributed by atoms with Crippen molar-refractivity contribution in [3.63, 3.8) is 0 Å². The SMILES string of the molecule is OCCCN(Cc1cn2ccccc2n1)C1CCC1. The summed E-state index contributed by atoms with van der Waals surface area (Å²) in [7, 11) is 0. The molecule has 0 saturated heterocycles. The van der Waals surface area contributed by atoms with Gasteiger partial charge in [-0.3, -0.25) is 4.90 Å². The third kappa shape index (κ3) is 2.80. The van der Waals surface area contributed by atoms with Gasteiger partial charge in [-0.15, -0.1) is 0 Å². The smallest absolute Gasteiger partial charge is 0.137 e. The van der Waals surface area contributed by atoms with E-state index in [1.165, 1.54) is 19.3 Å². The lowest BCUT2D eigenvalue weighted by Gasteiger charge is -2.37. The summed E-state index contributed by atoms with van der Waals surface area (Å²) in [5, 5.41) is 9.02. The number of nitrogens with zero attached hydrogens (tertiary/aromatic N) is 3. The fraction of sp³-hybridized carbons (Fsp3) is 0.533. The largest absolute Gasteiger partial charge is 0.396 e. The quantitative estimate of drug-likeness (QED) is 0.863. The van der Waals surface area contributed by atoms with E-state index in [1.807, 2.05) is 24.4 Å². The standard InChI is InChI=1S/C15H21N3O/c19-10-4-9-17(14-5-3-6-14)11-13-12-18-8-2-1-7-15(18)16-13/h1-2,7-8,12,14,19H,3-6,9-11H2. The Morgan fingerprint density at radius 3 is 2.95 bits per heavy atom. The van der Waals surface area contributed by atoms with Crippen molar-refractivity contribution < 1.29 is 5.11 Å². The topological polar surface area (TPSA) is 40.8 Å². The zero-order valence-electron chi connectivity index (χ0n) is 11.2. The lowest BCUT2D eigenvalue weighted by molar-refractivity contribution is 0.108. The first-order valence-electron chi connectivity index (χ1n) is 7.14. The van der Waals surface area contributed by atoms with Crippen LogP contribution >= 0.6 is 0 Å². The van der Waals surface area contributed by atoms with Crippen LogP contribution in [0.3, 0.4) is 0 Å². The van der Waals surface area contributed by atoms with Crippen LogP contribution in [-0.2, 0) is 6.54 Å². The summed E-state index contributed by atoms with van der Waals surface area (Å²) in [4.78, 5) is 7.13. The molecule has 0 aromatic carbocycles. The van der Waals surface area contributed by atoms with Gasteiger partial charge in [0.15, 0.2) is 0 Å². The van der Waals surface area contributed by atoms with Gasteiger partial charge in [-0.25, -0.2) is 4.98 Å². The number of pyridine rings is 1. The molecule has 2 heterocycles. The van der Waals surface area contributed by atoms with Crippen molar-refractivity contribution in [1.82, 2.24) is 14.3 Å². The van der Waals surface area contributed by atoms with Crippen LogP contribution in [0.5, 0.6) is 0 Å². The van der Waals surface area contributed by atoms with Crippen molar-refractivity contribution in [2.24, 2.45) is 0 Å². The highest BCUT2D eigenvalue weighted by Crippen LogP contribution is 2.26. The Bertz CT molecular complexity index is 500. The molecule has 19 heavy (non-hydrogen) atoms. The number of imidazole rings is 1. The minimum atomic E-state index is 0.272. The number of aliphatic hydroxyl groups excluding tert-OH is 1. The number of aliphatic hydroxyl groups is 1. The Labute approximate surface area is 113 Å². The number of fused-ring (bicyclic) bond motifs is 1. The van der Waals surface area contributed by atoms with Crippen LogP contribution in [0.15, 0.2) is 30.6 Å². The van der Waals surface area contributed by atoms with E-state index in [2.05, 4.69) is 20.5 Å². The Kier molecular flexibility index (Phi) is 3.80. The molecule has 2 aromatic heterocycles. The van der Waals surface area contributed by atoms with Crippen molar-refractivity contribution in [2.75, 3.05) is 13.2 Å². The second-order valence-corrected chi connectivity index (χ2v) is 5.33. The van der Waals surface area contributed by atoms with Crippen LogP contribution in [0, 0.1) is 0 Å². The molecule has 1 fully saturated rings. The van der Waals surface area contributed by atoms with Crippen LogP contribution in [0.4, 0.5) is 0 Å². The second-order valence-electron chi connectivity index (χ2n) is 5.33. The second kappa shape index (κ2) is 5.72. The normalized spacial score (nSPS) is 16.1. The first-order chi connectivity index (χ1) is 9.36. The highest BCUT2D eigenvalue weighted by molar-refractivity contribution is 5.39. The molecule has 4 nitrogen and oxygen atoms in total. The predicted octanol–water partition coefficient (Wildman–Crippen LogP) is 2.07. The van der Waals surface area contributed by atoms with Crippen molar-refractivity contribution in [2.45, 2.75) is 38.3 Å². The highest BCUT2D eigenvalue weighted by Gasteiger charge is 2.25. The fourth-order valence-electron chi connectivity index (χ4n) is 2.69. The summed E-state index contributed by atoms with van der Waals surface area (Å²) in [6.45, 7) is 2.13. The maximum atomic E-state index is 9.02. The third-order valence-electron chi connectivity index (χ3n) is 3.97. The molecular weight excluding hydrogens is 238 g/mol. The molecule has 102 valence electrons. The number of hydrogen-bond acceptors (Lipinski definition) is 3. The molecule has 0 amide bonds. The van der Waals surface area contributed by atoms with Gasteiger partial charge in [0.1, 0.15) is 5.65 Å². The monoisotopic (exact) mass is 259 g/mol. The van der Waals surface area contributed by atoms with Gasteiger partial charge in [-0.1, -0.05) is 12.5 Å². The van der Waals surface area contributed by atoms with Gasteiger partial charge >= 0.3 is 0 Å². The molecule has 0 aliphatic heterocycles. The zero-order chi connectivity index (χ0) is 13.1. The Hall–Kier alpha value is -1.39. The average Bonchev–Trinajstić information content (AvgIpc) is 2.76. The van der Waals surface area contributed by atoms with Crippen LogP contribution < -0.4 is 0 Å². The molecule has 0 bridgehead atoms. The first kappa shape index (κ1) is 12.6. The molecule has 1 N–H and O–H groups in total. The Morgan fingerprint density at radius 2 is 2.26 bits per heavy atom. The molecule has 0 atom stereocenters. The van der Waals surface area contributed by atoms with Gasteiger partial charge in [-0.05, 0) is 31.4 Å². The fourth-order valence-corrected chi connectivity index (χ4v) is 2.69. The van der Waals surface area contributed by atoms with Crippen LogP contribution in [0.1, 0.15) is 31.4 Å². The van der Waals surface area contributed by atoms with E-state index >= 15 is 0 Å². The van der Waals surface area contributed by atoms with E-state index in [9.17, 15) is 0 Å². The van der Waals surface area contributed by atoms with Gasteiger partial charge in [0.25, 0.3) is 0 Å². The average molecular weight is 259 g/mol. The molecule has 0 spiro atoms. The molecular formula is C15H21N3O. The molecule has 0 unspecified atom stereocenters. The van der Waals surface area contributed by atoms with Crippen LogP contribution in [0.25, 0.3) is 5.65 Å². The summed E-state index contributed by atoms with van der Waals surface area (Å²) in [5.74, 6) is 0. The summed E-state index contributed by atoms with van der Waals surface area (Å²) >= 11 is 0. The van der Waals surface area contributed by atoms with Crippen molar-refractivity contribution in [3.05, 3.63) is 36.3 Å². The van der Waals surface area contributed by atoms with Crippen LogP contribution in [-0.4, -0.2) is 38.6 Å². The van der Waals surface area contributed by atoms with E-state index in [4.69, 9.17) is 5.11 Å². The van der Waals surface area contributed by atoms with Crippen LogP contribution in [0.2, 0.25) is 0 Å². The lowest BCUT2D eigenvalue weighted by atomic mass is 9.91. The molecule has 4 heteroatoms. The highest BCUT2D eigenvalue weighted by atomic mass is 16.3. The van der Waals surface area contributed by atoms with E-state index in [0.29, 0.717) is 6.04 Å². The molecule has 1 aliphatic carbocycles. The molecule has 1 saturated carbocycles. The summed E-state index contributed by atoms with van der Waals surface area (Å²) in [6, 6.07) is 6.76. The summed E-state index contributed by atoms with van der Waals surface area (Å²) in [6.07, 6.45) is 8.92. The number of aromatic nitrogens is 2. The third-order valence-corrected chi connectivity index (χ3v) is 3.97. The van der Waals surface area contributed by atoms with E-state index in [1.54, 1.807) is 0 Å². The van der Waals surface area contributed by atoms with Gasteiger partial charge in [0, 0.05) is 38.1 Å². The number of hydrogen-bond donors (Lipinski definition) is 1. The summed E-state index contributed by atoms with van der Waals surface area (Å²) in [5.41, 5.74) is 2.13. The Morgan fingerprint density at radius 1 is 1.37 bits per heavy atom. The van der Waals surface area contributed by atoms with E-state index in [0.717, 1.165) is 30.9 Å². The van der Waals surface area contributed by atoms with Gasteiger partial charge < -0.3 is 9.51 Å². The maximum absolute atomic E-state index is 9.02. The van der Waals surface area contributed by atoms with Crippen molar-refractivity contribution >= 4 is 5.65 Å². The summed E-state index contributed by atoms with van der Waals surface area (Å²) < 4.78 is 2.07. The minimum absolute atomic E-state index is 0.272. The van der Waals surface area contributed by atoms with Gasteiger partial charge in [-0.2, -0.15) is 0 Å². The maximum Gasteiger partial charge on any atom is 0.137 e. The van der Waals surface area contributed by atoms with Gasteiger partial charge in [0.05, 0.1) is 5.69 Å². The van der Waals surface area contributed by atoms with E-state index < -0.39 is 0 Å². The molecule has 1 aliphatic rings. The predicted molar refractivity (Wildman–Crippen MR) is 74.9 cm³/mol. The molecule has 3 rings (SSSR count). The van der Waals surface area contributed by atoms with Crippen molar-refractivity contribution in [1.29, 1.82) is 0 Å². The van der Waals surface area contributed by atoms with Gasteiger partial charge in [0.2, 0.25) is 0 Å². The molecule has 2 aromatic rings. The minimum Gasteiger partial charge on any atom is -0.396 e. The lowest BCUT2D eigenvalue weighted by Crippen LogP contribution is -2.40. The van der Waals surface area contributed by atoms with Crippen molar-refractivity contribution in [3.8, 4) is 0 Å². The van der Waals surface area contributed by atoms with E-state index in [-0.39, 0.29) is 6.61 Å².